The summed E-state index contributed by atoms with van der Waals surface area (Å²) in [6.45, 7) is 16.5. The number of piperidine rings is 2. The molecule has 0 atom stereocenters. The van der Waals surface area contributed by atoms with Crippen molar-refractivity contribution in [1.82, 2.24) is 20.6 Å². The molecule has 0 amide bonds. The molecule has 5 nitrogen and oxygen atoms in total. The highest BCUT2D eigenvalue weighted by Gasteiger charge is 2.15. The summed E-state index contributed by atoms with van der Waals surface area (Å²) >= 11 is 0. The summed E-state index contributed by atoms with van der Waals surface area (Å²) in [5.74, 6) is 1.48. The smallest absolute Gasteiger partial charge is 0.213 e. The number of hydrogen-bond donors (Lipinski definition) is 2. The Balaban J connectivity index is 0.000000268. The zero-order valence-electron chi connectivity index (χ0n) is 20.6. The first-order chi connectivity index (χ1) is 15.2. The number of rotatable bonds is 3. The van der Waals surface area contributed by atoms with Gasteiger partial charge in [-0.2, -0.15) is 0 Å². The Kier molecular flexibility index (Phi) is 14.6. The van der Waals surface area contributed by atoms with Crippen molar-refractivity contribution in [3.05, 3.63) is 53.5 Å². The Hall–Kier alpha value is -1.98. The number of pyridine rings is 2. The van der Waals surface area contributed by atoms with Gasteiger partial charge in [0.05, 0.1) is 0 Å². The Morgan fingerprint density at radius 3 is 1.87 bits per heavy atom. The lowest BCUT2D eigenvalue weighted by atomic mass is 9.91. The summed E-state index contributed by atoms with van der Waals surface area (Å²) in [6, 6.07) is 8.30. The van der Waals surface area contributed by atoms with E-state index in [1.54, 1.807) is 0 Å². The van der Waals surface area contributed by atoms with Crippen LogP contribution in [0.3, 0.4) is 0 Å². The van der Waals surface area contributed by atoms with Gasteiger partial charge in [0, 0.05) is 24.2 Å². The summed E-state index contributed by atoms with van der Waals surface area (Å²) in [6.07, 6.45) is 8.88. The SMILES string of the molecule is CC.CC.Cc1ccc(C2CCNCC2)cn1.Cc1ccc(OC2CCNCC2)nc1. The van der Waals surface area contributed by atoms with E-state index in [0.717, 1.165) is 56.5 Å². The lowest BCUT2D eigenvalue weighted by Gasteiger charge is -2.23. The number of nitrogens with one attached hydrogen (secondary N) is 2. The molecule has 0 aromatic carbocycles. The first-order valence-electron chi connectivity index (χ1n) is 12.1. The van der Waals surface area contributed by atoms with Gasteiger partial charge in [0.1, 0.15) is 6.10 Å². The van der Waals surface area contributed by atoms with Crippen molar-refractivity contribution < 1.29 is 4.74 Å². The minimum Gasteiger partial charge on any atom is -0.474 e. The average Bonchev–Trinajstić information content (AvgIpc) is 2.85. The molecule has 4 rings (SSSR count). The predicted molar refractivity (Wildman–Crippen MR) is 132 cm³/mol. The molecule has 0 saturated carbocycles. The summed E-state index contributed by atoms with van der Waals surface area (Å²) in [5.41, 5.74) is 3.69. The van der Waals surface area contributed by atoms with Gasteiger partial charge in [0.15, 0.2) is 0 Å². The molecule has 2 aromatic heterocycles. The fraction of sp³-hybridized carbons (Fsp3) is 0.615. The average molecular weight is 429 g/mol. The molecule has 0 unspecified atom stereocenters. The van der Waals surface area contributed by atoms with Crippen LogP contribution in [0.2, 0.25) is 0 Å². The van der Waals surface area contributed by atoms with Crippen LogP contribution in [0.1, 0.15) is 76.1 Å². The third kappa shape index (κ3) is 10.7. The lowest BCUT2D eigenvalue weighted by Crippen LogP contribution is -2.34. The number of aryl methyl sites for hydroxylation is 2. The highest BCUT2D eigenvalue weighted by molar-refractivity contribution is 5.18. The van der Waals surface area contributed by atoms with E-state index in [0.29, 0.717) is 6.10 Å². The highest BCUT2D eigenvalue weighted by atomic mass is 16.5. The molecule has 31 heavy (non-hydrogen) atoms. The second-order valence-corrected chi connectivity index (χ2v) is 7.50. The summed E-state index contributed by atoms with van der Waals surface area (Å²) in [4.78, 5) is 8.56. The molecule has 4 heterocycles. The monoisotopic (exact) mass is 428 g/mol. The van der Waals surface area contributed by atoms with Crippen LogP contribution in [0.4, 0.5) is 0 Å². The van der Waals surface area contributed by atoms with Crippen molar-refractivity contribution in [2.45, 2.75) is 79.2 Å². The molecule has 0 radical (unpaired) electrons. The maximum absolute atomic E-state index is 5.76. The zero-order valence-corrected chi connectivity index (χ0v) is 20.6. The van der Waals surface area contributed by atoms with E-state index in [-0.39, 0.29) is 0 Å². The van der Waals surface area contributed by atoms with Crippen molar-refractivity contribution in [3.8, 4) is 5.88 Å². The number of nitrogens with zero attached hydrogens (tertiary/aromatic N) is 2. The summed E-state index contributed by atoms with van der Waals surface area (Å²) in [7, 11) is 0. The van der Waals surface area contributed by atoms with E-state index in [2.05, 4.69) is 32.7 Å². The molecule has 2 aromatic rings. The summed E-state index contributed by atoms with van der Waals surface area (Å²) < 4.78 is 5.76. The molecule has 2 aliphatic rings. The number of ether oxygens (including phenoxy) is 1. The van der Waals surface area contributed by atoms with Crippen molar-refractivity contribution in [3.63, 3.8) is 0 Å². The normalized spacial score (nSPS) is 16.5. The largest absolute Gasteiger partial charge is 0.474 e. The van der Waals surface area contributed by atoms with Crippen LogP contribution in [0, 0.1) is 13.8 Å². The fourth-order valence-electron chi connectivity index (χ4n) is 3.48. The van der Waals surface area contributed by atoms with Gasteiger partial charge in [-0.1, -0.05) is 39.8 Å². The van der Waals surface area contributed by atoms with Gasteiger partial charge >= 0.3 is 0 Å². The van der Waals surface area contributed by atoms with Crippen molar-refractivity contribution in [2.24, 2.45) is 0 Å². The first kappa shape index (κ1) is 27.1. The van der Waals surface area contributed by atoms with Crippen molar-refractivity contribution in [1.29, 1.82) is 0 Å². The third-order valence-corrected chi connectivity index (χ3v) is 5.20. The lowest BCUT2D eigenvalue weighted by molar-refractivity contribution is 0.156. The molecular formula is C26H44N4O. The molecular weight excluding hydrogens is 384 g/mol. The second-order valence-electron chi connectivity index (χ2n) is 7.50. The van der Waals surface area contributed by atoms with E-state index >= 15 is 0 Å². The standard InChI is InChI=1S/C11H16N2O.C11H16N2.2C2H6/c1-9-2-3-11(13-8-9)14-10-4-6-12-7-5-10;1-9-2-3-11(8-13-9)10-4-6-12-7-5-10;2*1-2/h2-3,8,10,12H,4-7H2,1H3;2-3,8,10,12H,4-7H2,1H3;2*1-2H3. The molecule has 0 bridgehead atoms. The van der Waals surface area contributed by atoms with Gasteiger partial charge in [0.25, 0.3) is 0 Å². The Morgan fingerprint density at radius 1 is 0.742 bits per heavy atom. The van der Waals surface area contributed by atoms with E-state index in [9.17, 15) is 0 Å². The van der Waals surface area contributed by atoms with Crippen LogP contribution in [0.15, 0.2) is 36.7 Å². The molecule has 2 fully saturated rings. The van der Waals surface area contributed by atoms with Crippen LogP contribution in [-0.2, 0) is 0 Å². The highest BCUT2D eigenvalue weighted by Crippen LogP contribution is 2.24. The van der Waals surface area contributed by atoms with Gasteiger partial charge in [-0.05, 0) is 88.8 Å². The maximum Gasteiger partial charge on any atom is 0.213 e. The van der Waals surface area contributed by atoms with Gasteiger partial charge < -0.3 is 15.4 Å². The molecule has 2 aliphatic heterocycles. The van der Waals surface area contributed by atoms with Crippen molar-refractivity contribution >= 4 is 0 Å². The zero-order chi connectivity index (χ0) is 22.9. The predicted octanol–water partition coefficient (Wildman–Crippen LogP) is 5.43. The third-order valence-electron chi connectivity index (χ3n) is 5.20. The minimum absolute atomic E-state index is 0.339. The number of aromatic nitrogens is 2. The van der Waals surface area contributed by atoms with Gasteiger partial charge in [-0.25, -0.2) is 4.98 Å². The van der Waals surface area contributed by atoms with Crippen LogP contribution in [-0.4, -0.2) is 42.3 Å². The second kappa shape index (κ2) is 16.7. The van der Waals surface area contributed by atoms with Gasteiger partial charge in [0.2, 0.25) is 5.88 Å². The molecule has 5 heteroatoms. The van der Waals surface area contributed by atoms with Crippen LogP contribution in [0.5, 0.6) is 5.88 Å². The van der Waals surface area contributed by atoms with Crippen LogP contribution < -0.4 is 15.4 Å². The molecule has 2 saturated heterocycles. The van der Waals surface area contributed by atoms with Crippen molar-refractivity contribution in [2.75, 3.05) is 26.2 Å². The molecule has 0 aliphatic carbocycles. The summed E-state index contributed by atoms with van der Waals surface area (Å²) in [5, 5.41) is 6.68. The Bertz CT molecular complexity index is 661. The first-order valence-corrected chi connectivity index (χ1v) is 12.1. The Labute approximate surface area is 190 Å². The minimum atomic E-state index is 0.339. The van der Waals surface area contributed by atoms with E-state index < -0.39 is 0 Å². The molecule has 2 N–H and O–H groups in total. The van der Waals surface area contributed by atoms with Crippen LogP contribution in [0.25, 0.3) is 0 Å². The van der Waals surface area contributed by atoms with Crippen LogP contribution >= 0.6 is 0 Å². The van der Waals surface area contributed by atoms with E-state index in [1.165, 1.54) is 24.0 Å². The quantitative estimate of drug-likeness (QED) is 0.682. The van der Waals surface area contributed by atoms with Gasteiger partial charge in [-0.15, -0.1) is 0 Å². The number of hydrogen-bond acceptors (Lipinski definition) is 5. The topological polar surface area (TPSA) is 59.1 Å². The Morgan fingerprint density at radius 2 is 1.35 bits per heavy atom. The maximum atomic E-state index is 5.76. The molecule has 0 spiro atoms. The van der Waals surface area contributed by atoms with E-state index in [4.69, 9.17) is 4.74 Å². The molecule has 174 valence electrons. The van der Waals surface area contributed by atoms with Gasteiger partial charge in [-0.3, -0.25) is 4.98 Å². The van der Waals surface area contributed by atoms with E-state index in [1.807, 2.05) is 66.1 Å². The fourth-order valence-corrected chi connectivity index (χ4v) is 3.48.